The largest absolute Gasteiger partial charge is 0.385 e. The van der Waals surface area contributed by atoms with Crippen molar-refractivity contribution in [2.24, 2.45) is 0 Å². The van der Waals surface area contributed by atoms with E-state index in [2.05, 4.69) is 22.0 Å². The van der Waals surface area contributed by atoms with Crippen molar-refractivity contribution in [2.75, 3.05) is 32.0 Å². The minimum atomic E-state index is -3.43. The summed E-state index contributed by atoms with van der Waals surface area (Å²) in [6.45, 7) is 2.46. The average molecular weight is 309 g/mol. The third-order valence-electron chi connectivity index (χ3n) is 4.52. The molecule has 0 spiro atoms. The smallest absolute Gasteiger partial charge is 0.240 e. The van der Waals surface area contributed by atoms with Crippen LogP contribution >= 0.6 is 0 Å². The Morgan fingerprint density at radius 1 is 1.38 bits per heavy atom. The summed E-state index contributed by atoms with van der Waals surface area (Å²) in [6.07, 6.45) is 4.01. The van der Waals surface area contributed by atoms with Gasteiger partial charge in [0, 0.05) is 24.8 Å². The zero-order valence-electron chi connectivity index (χ0n) is 12.4. The summed E-state index contributed by atoms with van der Waals surface area (Å²) in [6, 6.07) is 5.80. The first-order valence-electron chi connectivity index (χ1n) is 7.63. The Kier molecular flexibility index (Phi) is 4.19. The number of sulfonamides is 1. The van der Waals surface area contributed by atoms with Crippen LogP contribution in [0.2, 0.25) is 0 Å². The Morgan fingerprint density at radius 2 is 2.24 bits per heavy atom. The number of rotatable bonds is 4. The molecule has 3 rings (SSSR count). The summed E-state index contributed by atoms with van der Waals surface area (Å²) < 4.78 is 28.0. The Labute approximate surface area is 126 Å². The normalized spacial score (nSPS) is 22.8. The van der Waals surface area contributed by atoms with E-state index in [4.69, 9.17) is 0 Å². The van der Waals surface area contributed by atoms with Crippen LogP contribution in [0.25, 0.3) is 0 Å². The lowest BCUT2D eigenvalue weighted by molar-refractivity contribution is 0.311. The van der Waals surface area contributed by atoms with Gasteiger partial charge in [-0.25, -0.2) is 13.1 Å². The van der Waals surface area contributed by atoms with Gasteiger partial charge in [-0.3, -0.25) is 0 Å². The van der Waals surface area contributed by atoms with E-state index in [0.29, 0.717) is 17.5 Å². The van der Waals surface area contributed by atoms with Crippen molar-refractivity contribution in [3.63, 3.8) is 0 Å². The van der Waals surface area contributed by atoms with Crippen LogP contribution in [0.1, 0.15) is 24.8 Å². The summed E-state index contributed by atoms with van der Waals surface area (Å²) in [4.78, 5) is 2.66. The van der Waals surface area contributed by atoms with Crippen LogP contribution in [0, 0.1) is 0 Å². The number of nitrogens with zero attached hydrogens (tertiary/aromatic N) is 1. The molecular weight excluding hydrogens is 286 g/mol. The lowest BCUT2D eigenvalue weighted by Crippen LogP contribution is -2.38. The summed E-state index contributed by atoms with van der Waals surface area (Å²) in [5, 5.41) is 3.28. The topological polar surface area (TPSA) is 61.4 Å². The second kappa shape index (κ2) is 5.94. The van der Waals surface area contributed by atoms with Gasteiger partial charge in [-0.2, -0.15) is 0 Å². The number of hydrogen-bond donors (Lipinski definition) is 2. The number of nitrogens with one attached hydrogen (secondary N) is 2. The van der Waals surface area contributed by atoms with Gasteiger partial charge in [0.1, 0.15) is 0 Å². The molecule has 1 fully saturated rings. The van der Waals surface area contributed by atoms with E-state index in [1.54, 1.807) is 6.07 Å². The fourth-order valence-electron chi connectivity index (χ4n) is 3.25. The summed E-state index contributed by atoms with van der Waals surface area (Å²) >= 11 is 0. The Bertz CT molecular complexity index is 615. The van der Waals surface area contributed by atoms with Gasteiger partial charge in [0.05, 0.1) is 4.90 Å². The first-order chi connectivity index (χ1) is 10.1. The highest BCUT2D eigenvalue weighted by Crippen LogP contribution is 2.28. The lowest BCUT2D eigenvalue weighted by atomic mass is 10.0. The molecule has 116 valence electrons. The van der Waals surface area contributed by atoms with Gasteiger partial charge in [0.2, 0.25) is 10.0 Å². The molecule has 1 aromatic carbocycles. The summed E-state index contributed by atoms with van der Waals surface area (Å²) in [7, 11) is -1.37. The number of fused-ring (bicyclic) bond motifs is 1. The van der Waals surface area contributed by atoms with Gasteiger partial charge in [-0.15, -0.1) is 0 Å². The number of benzene rings is 1. The second-order valence-electron chi connectivity index (χ2n) is 5.94. The summed E-state index contributed by atoms with van der Waals surface area (Å²) in [5.41, 5.74) is 1.89. The first kappa shape index (κ1) is 14.8. The Hall–Kier alpha value is -1.11. The third kappa shape index (κ3) is 3.07. The van der Waals surface area contributed by atoms with Crippen LogP contribution in [0.3, 0.4) is 0 Å². The average Bonchev–Trinajstić information content (AvgIpc) is 2.90. The van der Waals surface area contributed by atoms with E-state index in [-0.39, 0.29) is 0 Å². The molecule has 0 aromatic heterocycles. The van der Waals surface area contributed by atoms with E-state index in [9.17, 15) is 8.42 Å². The number of likely N-dealkylation sites (N-methyl/N-ethyl adjacent to an activating group) is 1. The van der Waals surface area contributed by atoms with Gasteiger partial charge in [0.15, 0.2) is 0 Å². The minimum absolute atomic E-state index is 0.317. The third-order valence-corrected chi connectivity index (χ3v) is 6.03. The van der Waals surface area contributed by atoms with E-state index in [1.807, 2.05) is 12.1 Å². The van der Waals surface area contributed by atoms with Crippen molar-refractivity contribution in [2.45, 2.75) is 36.6 Å². The Balaban J connectivity index is 1.78. The van der Waals surface area contributed by atoms with E-state index < -0.39 is 10.0 Å². The van der Waals surface area contributed by atoms with Crippen molar-refractivity contribution in [1.29, 1.82) is 0 Å². The molecule has 2 heterocycles. The van der Waals surface area contributed by atoms with Crippen molar-refractivity contribution in [3.8, 4) is 0 Å². The van der Waals surface area contributed by atoms with Crippen LogP contribution in [0.15, 0.2) is 23.1 Å². The monoisotopic (exact) mass is 309 g/mol. The lowest BCUT2D eigenvalue weighted by Gasteiger charge is -2.23. The number of hydrogen-bond acceptors (Lipinski definition) is 4. The van der Waals surface area contributed by atoms with Crippen molar-refractivity contribution >= 4 is 15.7 Å². The predicted molar refractivity (Wildman–Crippen MR) is 84.1 cm³/mol. The van der Waals surface area contributed by atoms with Gasteiger partial charge in [0.25, 0.3) is 0 Å². The van der Waals surface area contributed by atoms with E-state index in [0.717, 1.165) is 50.0 Å². The fourth-order valence-corrected chi connectivity index (χ4v) is 4.61. The minimum Gasteiger partial charge on any atom is -0.385 e. The number of anilines is 1. The molecule has 0 radical (unpaired) electrons. The SMILES string of the molecule is CN1CCCC1CNS(=O)(=O)c1cccc2c1CCCN2. The maximum atomic E-state index is 12.6. The molecule has 1 unspecified atom stereocenters. The zero-order valence-corrected chi connectivity index (χ0v) is 13.2. The highest BCUT2D eigenvalue weighted by molar-refractivity contribution is 7.89. The maximum Gasteiger partial charge on any atom is 0.240 e. The van der Waals surface area contributed by atoms with Crippen LogP contribution in [0.5, 0.6) is 0 Å². The molecule has 0 aliphatic carbocycles. The van der Waals surface area contributed by atoms with Crippen molar-refractivity contribution in [3.05, 3.63) is 23.8 Å². The van der Waals surface area contributed by atoms with Crippen molar-refractivity contribution < 1.29 is 8.42 Å². The van der Waals surface area contributed by atoms with E-state index in [1.165, 1.54) is 0 Å². The first-order valence-corrected chi connectivity index (χ1v) is 9.12. The standard InChI is InChI=1S/C15H23N3O2S/c1-18-10-4-5-12(18)11-17-21(19,20)15-8-2-7-14-13(15)6-3-9-16-14/h2,7-8,12,16-17H,3-6,9-11H2,1H3. The maximum absolute atomic E-state index is 12.6. The molecule has 0 amide bonds. The summed E-state index contributed by atoms with van der Waals surface area (Å²) in [5.74, 6) is 0. The van der Waals surface area contributed by atoms with E-state index >= 15 is 0 Å². The quantitative estimate of drug-likeness (QED) is 0.883. The highest BCUT2D eigenvalue weighted by atomic mass is 32.2. The predicted octanol–water partition coefficient (Wildman–Crippen LogP) is 1.42. The molecule has 1 saturated heterocycles. The molecule has 1 aromatic rings. The molecule has 2 aliphatic rings. The van der Waals surface area contributed by atoms with Crippen LogP contribution in [-0.4, -0.2) is 46.0 Å². The molecule has 21 heavy (non-hydrogen) atoms. The molecule has 1 atom stereocenters. The molecule has 2 N–H and O–H groups in total. The second-order valence-corrected chi connectivity index (χ2v) is 7.68. The molecule has 5 nitrogen and oxygen atoms in total. The fraction of sp³-hybridized carbons (Fsp3) is 0.600. The zero-order chi connectivity index (χ0) is 14.9. The van der Waals surface area contributed by atoms with Crippen molar-refractivity contribution in [1.82, 2.24) is 9.62 Å². The van der Waals surface area contributed by atoms with Gasteiger partial charge in [-0.05, 0) is 57.0 Å². The van der Waals surface area contributed by atoms with Gasteiger partial charge < -0.3 is 10.2 Å². The van der Waals surface area contributed by atoms with Gasteiger partial charge in [-0.1, -0.05) is 6.07 Å². The van der Waals surface area contributed by atoms with Crippen LogP contribution in [0.4, 0.5) is 5.69 Å². The van der Waals surface area contributed by atoms with Gasteiger partial charge >= 0.3 is 0 Å². The molecule has 6 heteroatoms. The van der Waals surface area contributed by atoms with Crippen LogP contribution < -0.4 is 10.0 Å². The highest BCUT2D eigenvalue weighted by Gasteiger charge is 2.26. The molecular formula is C15H23N3O2S. The molecule has 0 bridgehead atoms. The molecule has 0 saturated carbocycles. The molecule has 2 aliphatic heterocycles. The van der Waals surface area contributed by atoms with Crippen LogP contribution in [-0.2, 0) is 16.4 Å². The number of likely N-dealkylation sites (tertiary alicyclic amines) is 1. The Morgan fingerprint density at radius 3 is 3.00 bits per heavy atom.